The molecule has 0 unspecified atom stereocenters. The van der Waals surface area contributed by atoms with E-state index in [1.807, 2.05) is 6.07 Å². The Bertz CT molecular complexity index is 940. The molecule has 0 bridgehead atoms. The first kappa shape index (κ1) is 21.3. The lowest BCUT2D eigenvalue weighted by Crippen LogP contribution is -2.14. The van der Waals surface area contributed by atoms with Crippen LogP contribution in [0.3, 0.4) is 0 Å². The van der Waals surface area contributed by atoms with E-state index >= 15 is 0 Å². The second kappa shape index (κ2) is 9.77. The molecule has 2 N–H and O–H groups in total. The highest BCUT2D eigenvalue weighted by atomic mass is 32.2. The third-order valence-electron chi connectivity index (χ3n) is 3.57. The van der Waals surface area contributed by atoms with Crippen LogP contribution < -0.4 is 14.2 Å². The van der Waals surface area contributed by atoms with Crippen molar-refractivity contribution in [2.45, 2.75) is 0 Å². The lowest BCUT2D eigenvalue weighted by molar-refractivity contribution is 0.0697. The first-order valence-corrected chi connectivity index (χ1v) is 9.74. The van der Waals surface area contributed by atoms with E-state index in [1.165, 1.54) is 32.4 Å². The molecule has 0 fully saturated rings. The molecule has 0 atom stereocenters. The molecule has 0 radical (unpaired) electrons. The van der Waals surface area contributed by atoms with Gasteiger partial charge in [-0.1, -0.05) is 30.3 Å². The lowest BCUT2D eigenvalue weighted by Gasteiger charge is -2.15. The molecule has 0 aliphatic rings. The quantitative estimate of drug-likeness (QED) is 0.583. The van der Waals surface area contributed by atoms with Gasteiger partial charge in [0.15, 0.2) is 11.5 Å². The molecule has 0 aromatic heterocycles. The first-order valence-electron chi connectivity index (χ1n) is 8.19. The van der Waals surface area contributed by atoms with Gasteiger partial charge in [0, 0.05) is 19.2 Å². The van der Waals surface area contributed by atoms with Crippen molar-refractivity contribution in [2.24, 2.45) is 0 Å². The second-order valence-electron chi connectivity index (χ2n) is 5.56. The van der Waals surface area contributed by atoms with Crippen molar-refractivity contribution in [3.8, 4) is 11.5 Å². The summed E-state index contributed by atoms with van der Waals surface area (Å²) in [5, 5.41) is 10.4. The van der Waals surface area contributed by atoms with E-state index in [1.54, 1.807) is 24.3 Å². The summed E-state index contributed by atoms with van der Waals surface area (Å²) < 4.78 is 42.6. The number of benzene rings is 2. The van der Waals surface area contributed by atoms with E-state index in [0.717, 1.165) is 5.41 Å². The Morgan fingerprint density at radius 3 is 2.43 bits per heavy atom. The van der Waals surface area contributed by atoms with Crippen LogP contribution in [0.4, 0.5) is 5.69 Å². The number of rotatable bonds is 10. The zero-order valence-corrected chi connectivity index (χ0v) is 16.2. The molecule has 150 valence electrons. The van der Waals surface area contributed by atoms with Crippen molar-refractivity contribution < 1.29 is 32.5 Å². The molecule has 2 aromatic rings. The van der Waals surface area contributed by atoms with Gasteiger partial charge in [-0.05, 0) is 11.6 Å². The third-order valence-corrected chi connectivity index (χ3v) is 4.57. The topological polar surface area (TPSA) is 111 Å². The van der Waals surface area contributed by atoms with Crippen LogP contribution in [0.1, 0.15) is 15.9 Å². The number of ether oxygens (including phenoxy) is 3. The van der Waals surface area contributed by atoms with Gasteiger partial charge >= 0.3 is 5.97 Å². The molecular weight excluding hydrogens is 386 g/mol. The predicted molar refractivity (Wildman–Crippen MR) is 105 cm³/mol. The average molecular weight is 407 g/mol. The van der Waals surface area contributed by atoms with E-state index in [9.17, 15) is 18.3 Å². The fraction of sp³-hybridized carbons (Fsp3) is 0.211. The van der Waals surface area contributed by atoms with Crippen molar-refractivity contribution in [3.05, 3.63) is 59.0 Å². The Morgan fingerprint density at radius 2 is 1.82 bits per heavy atom. The van der Waals surface area contributed by atoms with E-state index in [4.69, 9.17) is 14.2 Å². The van der Waals surface area contributed by atoms with Gasteiger partial charge in [0.05, 0.1) is 30.4 Å². The maximum Gasteiger partial charge on any atom is 0.337 e. The summed E-state index contributed by atoms with van der Waals surface area (Å²) in [4.78, 5) is 11.6. The van der Waals surface area contributed by atoms with Crippen molar-refractivity contribution in [2.75, 3.05) is 32.2 Å². The van der Waals surface area contributed by atoms with Crippen LogP contribution >= 0.6 is 0 Å². The van der Waals surface area contributed by atoms with E-state index in [2.05, 4.69) is 4.72 Å². The van der Waals surface area contributed by atoms with Crippen LogP contribution in [-0.2, 0) is 14.8 Å². The summed E-state index contributed by atoms with van der Waals surface area (Å²) in [6, 6.07) is 11.3. The first-order chi connectivity index (χ1) is 13.4. The number of aromatic carboxylic acids is 1. The number of anilines is 1. The number of hydrogen-bond acceptors (Lipinski definition) is 6. The van der Waals surface area contributed by atoms with Crippen molar-refractivity contribution in [3.63, 3.8) is 0 Å². The van der Waals surface area contributed by atoms with Crippen molar-refractivity contribution in [1.29, 1.82) is 0 Å². The molecule has 2 rings (SSSR count). The Balaban J connectivity index is 2.34. The van der Waals surface area contributed by atoms with Gasteiger partial charge in [-0.25, -0.2) is 13.2 Å². The molecule has 0 aliphatic heterocycles. The predicted octanol–water partition coefficient (Wildman–Crippen LogP) is 2.83. The number of methoxy groups -OCH3 is 2. The fourth-order valence-electron chi connectivity index (χ4n) is 2.25. The number of nitrogens with one attached hydrogen (secondary N) is 1. The maximum absolute atomic E-state index is 12.4. The lowest BCUT2D eigenvalue weighted by atomic mass is 10.1. The summed E-state index contributed by atoms with van der Waals surface area (Å²) in [5.41, 5.74) is 0.274. The summed E-state index contributed by atoms with van der Waals surface area (Å²) in [6.45, 7) is 0.476. The minimum absolute atomic E-state index is 0.140. The molecule has 0 heterocycles. The Morgan fingerprint density at radius 1 is 1.11 bits per heavy atom. The average Bonchev–Trinajstić information content (AvgIpc) is 2.67. The van der Waals surface area contributed by atoms with Gasteiger partial charge < -0.3 is 19.3 Å². The standard InChI is InChI=1S/C19H21NO7S/c1-25-9-10-27-18-13-16(15(19(21)22)12-17(18)26-2)20-28(23,24)11-8-14-6-4-3-5-7-14/h3-8,11-13,20H,9-10H2,1-2H3,(H,21,22). The third kappa shape index (κ3) is 6.00. The number of hydrogen-bond donors (Lipinski definition) is 2. The maximum atomic E-state index is 12.4. The normalized spacial score (nSPS) is 11.4. The number of carbonyl (C=O) groups is 1. The highest BCUT2D eigenvalue weighted by Gasteiger charge is 2.19. The summed E-state index contributed by atoms with van der Waals surface area (Å²) in [6.07, 6.45) is 1.41. The van der Waals surface area contributed by atoms with Crippen LogP contribution in [-0.4, -0.2) is 46.9 Å². The minimum atomic E-state index is -3.97. The van der Waals surface area contributed by atoms with E-state index < -0.39 is 16.0 Å². The van der Waals surface area contributed by atoms with Crippen molar-refractivity contribution in [1.82, 2.24) is 0 Å². The zero-order chi connectivity index (χ0) is 20.6. The molecular formula is C19H21NO7S. The van der Waals surface area contributed by atoms with Crippen LogP contribution in [0.25, 0.3) is 6.08 Å². The van der Waals surface area contributed by atoms with Gasteiger partial charge in [-0.15, -0.1) is 0 Å². The highest BCUT2D eigenvalue weighted by Crippen LogP contribution is 2.34. The molecule has 0 saturated heterocycles. The van der Waals surface area contributed by atoms with Crippen LogP contribution in [0.15, 0.2) is 47.9 Å². The number of carboxylic acid groups (broad SMARTS) is 1. The minimum Gasteiger partial charge on any atom is -0.493 e. The number of carboxylic acids is 1. The largest absolute Gasteiger partial charge is 0.493 e. The smallest absolute Gasteiger partial charge is 0.337 e. The van der Waals surface area contributed by atoms with E-state index in [-0.39, 0.29) is 29.4 Å². The molecule has 0 amide bonds. The molecule has 0 saturated carbocycles. The van der Waals surface area contributed by atoms with Gasteiger partial charge in [0.25, 0.3) is 10.0 Å². The van der Waals surface area contributed by atoms with Crippen LogP contribution in [0.5, 0.6) is 11.5 Å². The van der Waals surface area contributed by atoms with Gasteiger partial charge in [-0.2, -0.15) is 0 Å². The molecule has 0 spiro atoms. The van der Waals surface area contributed by atoms with Gasteiger partial charge in [0.1, 0.15) is 6.61 Å². The Hall–Kier alpha value is -3.04. The number of sulfonamides is 1. The van der Waals surface area contributed by atoms with Gasteiger partial charge in [0.2, 0.25) is 0 Å². The second-order valence-corrected chi connectivity index (χ2v) is 7.12. The highest BCUT2D eigenvalue weighted by molar-refractivity contribution is 7.95. The fourth-order valence-corrected chi connectivity index (χ4v) is 3.13. The van der Waals surface area contributed by atoms with Crippen LogP contribution in [0.2, 0.25) is 0 Å². The van der Waals surface area contributed by atoms with Gasteiger partial charge in [-0.3, -0.25) is 4.72 Å². The molecule has 9 heteroatoms. The molecule has 28 heavy (non-hydrogen) atoms. The summed E-state index contributed by atoms with van der Waals surface area (Å²) >= 11 is 0. The summed E-state index contributed by atoms with van der Waals surface area (Å²) in [7, 11) is -1.10. The van der Waals surface area contributed by atoms with Crippen molar-refractivity contribution >= 4 is 27.8 Å². The zero-order valence-electron chi connectivity index (χ0n) is 15.4. The SMILES string of the molecule is COCCOc1cc(NS(=O)(=O)C=Cc2ccccc2)c(C(=O)O)cc1OC. The Kier molecular flexibility index (Phi) is 7.42. The summed E-state index contributed by atoms with van der Waals surface area (Å²) in [5.74, 6) is -0.961. The Labute approximate surface area is 163 Å². The van der Waals surface area contributed by atoms with Crippen LogP contribution in [0, 0.1) is 0 Å². The monoisotopic (exact) mass is 407 g/mol. The molecule has 2 aromatic carbocycles. The molecule has 0 aliphatic carbocycles. The molecule has 8 nitrogen and oxygen atoms in total. The van der Waals surface area contributed by atoms with E-state index in [0.29, 0.717) is 12.2 Å².